The number of aromatic hydroxyl groups is 1. The number of nitrogens with one attached hydrogen (secondary N) is 11. The summed E-state index contributed by atoms with van der Waals surface area (Å²) in [6, 6.07) is 34.9. The summed E-state index contributed by atoms with van der Waals surface area (Å²) in [5.41, 5.74) is 10.2. The summed E-state index contributed by atoms with van der Waals surface area (Å²) in [5.74, 6) is -12.8. The fraction of sp³-hybridized carbons (Fsp3) is 0.427. The van der Waals surface area contributed by atoms with E-state index in [1.807, 2.05) is 115 Å². The first-order chi connectivity index (χ1) is 57.9. The number of carbonyl (C=O) groups is 13. The fourth-order valence-electron chi connectivity index (χ4n) is 13.6. The molecule has 0 unspecified atom stereocenters. The maximum Gasteiger partial charge on any atom is 0.408 e. The van der Waals surface area contributed by atoms with Gasteiger partial charge in [0.1, 0.15) is 71.3 Å². The van der Waals surface area contributed by atoms with E-state index in [1.54, 1.807) is 77.9 Å². The zero-order valence-electron chi connectivity index (χ0n) is 70.0. The van der Waals surface area contributed by atoms with E-state index < -0.39 is 184 Å². The number of alkyl carbamates (subject to hydrolysis) is 2. The molecule has 6 aromatic rings. The molecule has 654 valence electrons. The van der Waals surface area contributed by atoms with Gasteiger partial charge in [-0.25, -0.2) is 9.59 Å². The molecule has 30 nitrogen and oxygen atoms in total. The van der Waals surface area contributed by atoms with E-state index in [0.717, 1.165) is 63.3 Å². The van der Waals surface area contributed by atoms with Crippen LogP contribution in [-0.2, 0) is 86.2 Å². The van der Waals surface area contributed by atoms with Crippen molar-refractivity contribution in [3.05, 3.63) is 215 Å². The van der Waals surface area contributed by atoms with E-state index in [4.69, 9.17) is 15.2 Å². The number of ether oxygens (including phenoxy) is 2. The van der Waals surface area contributed by atoms with Gasteiger partial charge in [0.15, 0.2) is 5.78 Å². The molecule has 1 heterocycles. The third-order valence-corrected chi connectivity index (χ3v) is 24.0. The number of unbranched alkanes of at least 4 members (excludes halogenated alkanes) is 1. The van der Waals surface area contributed by atoms with E-state index >= 15 is 24.0 Å². The summed E-state index contributed by atoms with van der Waals surface area (Å²) in [5, 5.41) is 62.1. The maximum atomic E-state index is 15.5. The van der Waals surface area contributed by atoms with Crippen molar-refractivity contribution < 1.29 is 87.1 Å². The summed E-state index contributed by atoms with van der Waals surface area (Å²) in [6.07, 6.45) is -3.81. The number of Topliss-reactive ketones (excluding diaryl/α,β-unsaturated/α-hetero) is 1. The number of rotatable bonds is 31. The smallest absolute Gasteiger partial charge is 0.408 e. The Morgan fingerprint density at radius 2 is 1.08 bits per heavy atom. The van der Waals surface area contributed by atoms with Crippen LogP contribution in [0.25, 0.3) is 5.57 Å². The Labute approximate surface area is 722 Å². The van der Waals surface area contributed by atoms with Gasteiger partial charge in [-0.3, -0.25) is 52.7 Å². The van der Waals surface area contributed by atoms with Crippen molar-refractivity contribution >= 4 is 116 Å². The number of fused-ring (bicyclic) bond motifs is 1. The first-order valence-electron chi connectivity index (χ1n) is 40.4. The van der Waals surface area contributed by atoms with Crippen LogP contribution in [0.1, 0.15) is 140 Å². The van der Waals surface area contributed by atoms with Crippen molar-refractivity contribution in [1.82, 2.24) is 58.5 Å². The molecule has 122 heavy (non-hydrogen) atoms. The molecular weight excluding hydrogens is 1620 g/mol. The van der Waals surface area contributed by atoms with Crippen LogP contribution in [0.5, 0.6) is 5.75 Å². The van der Waals surface area contributed by atoms with Crippen molar-refractivity contribution in [3.8, 4) is 5.75 Å². The highest BCUT2D eigenvalue weighted by Gasteiger charge is 2.42. The molecule has 13 atom stereocenters. The summed E-state index contributed by atoms with van der Waals surface area (Å²) in [7, 11) is 1.74. The first-order valence-corrected chi connectivity index (χ1v) is 43.9. The topological polar surface area (TPSA) is 459 Å². The summed E-state index contributed by atoms with van der Waals surface area (Å²) in [6.45, 7) is 14.9. The molecule has 0 radical (unpaired) electrons. The maximum absolute atomic E-state index is 15.5. The number of hydrogen-bond donors (Lipinski definition) is 15. The number of ketones is 1. The second kappa shape index (κ2) is 45.6. The molecule has 1 fully saturated rings. The van der Waals surface area contributed by atoms with Gasteiger partial charge in [-0.15, -0.1) is 11.8 Å². The largest absolute Gasteiger partial charge is 0.508 e. The van der Waals surface area contributed by atoms with Gasteiger partial charge in [0, 0.05) is 49.0 Å². The predicted octanol–water partition coefficient (Wildman–Crippen LogP) is 6.14. The number of phenolic OH excluding ortho intramolecular Hbond substituents is 1. The number of thioether (sulfide) groups is 1. The Bertz CT molecular complexity index is 4540. The number of primary amides is 1. The molecule has 0 bridgehead atoms. The lowest BCUT2D eigenvalue weighted by atomic mass is 9.84. The highest BCUT2D eigenvalue weighted by atomic mass is 33.1. The molecular formula is C89H112N12O18S3. The summed E-state index contributed by atoms with van der Waals surface area (Å²) >= 11 is 1.36. The Hall–Kier alpha value is -11.3. The molecule has 33 heteroatoms. The quantitative estimate of drug-likeness (QED) is 0.0132. The lowest BCUT2D eigenvalue weighted by Gasteiger charge is -2.36. The van der Waals surface area contributed by atoms with Gasteiger partial charge in [0.25, 0.3) is 0 Å². The Balaban J connectivity index is 1.09. The van der Waals surface area contributed by atoms with E-state index in [-0.39, 0.29) is 62.3 Å². The second-order valence-electron chi connectivity index (χ2n) is 32.1. The second-order valence-corrected chi connectivity index (χ2v) is 35.9. The van der Waals surface area contributed by atoms with Crippen LogP contribution in [0.15, 0.2) is 176 Å². The standard InChI is InChI=1S/C89H112N12O18S3/c1-52(76(107)92-53(2)77(108)97-70(75(90)106)49-120-89(61-30-17-12-18-31-61,62-32-19-13-20-33-62)63-34-21-14-22-35-63)93-83(114)73(54(3)102)101-82(113)71-51-122-121-50-69(96-80(111)67(46-56-27-15-11-16-28-56)99-86(117)119-88(8,9)10)72(105)48-60(45-57-38-42-64(104)43-39-57)78(109)95-68(47-59-41-40-58-29-23-24-36-65(58)59)81(112)94-66(79(110)100-74(55(4)103)84(115)98-71)37-25-26-44-91-85(116)118-87(5,6)7/h11-24,27-36,38-39,41-43,52-55,60,66-71,73-74,102-104H,25-26,37,40,44-51H2,1-10H3,(H2,90,106)(H,91,116)(H,92,107)(H,93,114)(H,94,112)(H,95,109)(H,96,111)(H,97,108)(H,98,115)(H,99,117)(H,100,110)(H,101,113)/t52-,53-,54+,55+,60+,66-,67+,68+,69-,70-,71-,73-,74-/m0/s1. The highest BCUT2D eigenvalue weighted by molar-refractivity contribution is 8.76. The van der Waals surface area contributed by atoms with Crippen LogP contribution in [0.4, 0.5) is 9.59 Å². The Morgan fingerprint density at radius 1 is 0.549 bits per heavy atom. The highest BCUT2D eigenvalue weighted by Crippen LogP contribution is 2.49. The zero-order chi connectivity index (χ0) is 89.0. The van der Waals surface area contributed by atoms with Gasteiger partial charge < -0.3 is 89.0 Å². The van der Waals surface area contributed by atoms with Crippen LogP contribution in [0.2, 0.25) is 0 Å². The number of aliphatic hydroxyl groups is 2. The summed E-state index contributed by atoms with van der Waals surface area (Å²) in [4.78, 5) is 188. The first kappa shape index (κ1) is 96.2. The van der Waals surface area contributed by atoms with Gasteiger partial charge >= 0.3 is 12.2 Å². The number of carbonyl (C=O) groups excluding carboxylic acids is 13. The predicted molar refractivity (Wildman–Crippen MR) is 467 cm³/mol. The molecule has 6 aromatic carbocycles. The van der Waals surface area contributed by atoms with Gasteiger partial charge in [0.05, 0.1) is 23.0 Å². The van der Waals surface area contributed by atoms with Gasteiger partial charge in [-0.2, -0.15) is 0 Å². The normalized spacial score (nSPS) is 19.4. The number of amides is 12. The van der Waals surface area contributed by atoms with E-state index in [2.05, 4.69) is 58.5 Å². The number of aliphatic hydroxyl groups excluding tert-OH is 2. The average Bonchev–Trinajstić information content (AvgIpc) is 0.883. The SMILES string of the molecule is C[C@H](NC(=O)[C@H](C)NC(=O)[C@@H](NC(=O)[C@@H]1CSSC[C@H](NC(=O)[C@@H](Cc2ccccc2)NC(=O)OC(C)(C)C)C(=O)C[C@@H](Cc2ccc(O)cc2)C(=O)N[C@H](CC2=CCc3ccccc32)C(=O)N[C@@H](CCCCNC(=O)OC(C)(C)C)C(=O)N[C@@H]([C@@H](C)O)C(=O)N1)[C@@H](C)O)C(=O)N[C@@H](CSC(c1ccccc1)(c1ccccc1)c1ccccc1)C(N)=O. The number of allylic oxidation sites excluding steroid dienone is 1. The third kappa shape index (κ3) is 29.2. The van der Waals surface area contributed by atoms with Crippen LogP contribution >= 0.6 is 33.3 Å². The van der Waals surface area contributed by atoms with Crippen molar-refractivity contribution in [2.45, 2.75) is 209 Å². The molecule has 2 aliphatic rings. The molecule has 0 saturated carbocycles. The minimum absolute atomic E-state index is 0.0421. The molecule has 16 N–H and O–H groups in total. The number of phenols is 1. The molecule has 0 aromatic heterocycles. The van der Waals surface area contributed by atoms with Crippen molar-refractivity contribution in [1.29, 1.82) is 0 Å². The van der Waals surface area contributed by atoms with E-state index in [0.29, 0.717) is 23.1 Å². The molecule has 1 saturated heterocycles. The number of benzene rings is 6. The monoisotopic (exact) mass is 1730 g/mol. The molecule has 1 aliphatic heterocycles. The lowest BCUT2D eigenvalue weighted by molar-refractivity contribution is -0.137. The van der Waals surface area contributed by atoms with Crippen molar-refractivity contribution in [2.24, 2.45) is 11.7 Å². The minimum Gasteiger partial charge on any atom is -0.508 e. The van der Waals surface area contributed by atoms with Crippen LogP contribution < -0.4 is 64.2 Å². The number of hydrogen-bond acceptors (Lipinski definition) is 21. The molecule has 8 rings (SSSR count). The minimum atomic E-state index is -1.93. The van der Waals surface area contributed by atoms with Crippen molar-refractivity contribution in [3.63, 3.8) is 0 Å². The lowest BCUT2D eigenvalue weighted by Crippen LogP contribution is -2.63. The van der Waals surface area contributed by atoms with Gasteiger partial charge in [-0.1, -0.05) is 185 Å². The van der Waals surface area contributed by atoms with E-state index in [9.17, 15) is 53.7 Å². The van der Waals surface area contributed by atoms with Crippen molar-refractivity contribution in [2.75, 3.05) is 23.8 Å². The molecule has 1 aliphatic carbocycles. The van der Waals surface area contributed by atoms with Gasteiger partial charge in [-0.05, 0) is 158 Å². The van der Waals surface area contributed by atoms with E-state index in [1.165, 1.54) is 49.9 Å². The van der Waals surface area contributed by atoms with Crippen LogP contribution in [-0.4, -0.2) is 200 Å². The fourth-order valence-corrected chi connectivity index (χ4v) is 17.5. The van der Waals surface area contributed by atoms with Crippen LogP contribution in [0, 0.1) is 5.92 Å². The van der Waals surface area contributed by atoms with Gasteiger partial charge in [0.2, 0.25) is 59.1 Å². The Morgan fingerprint density at radius 3 is 1.66 bits per heavy atom. The average molecular weight is 1730 g/mol. The zero-order valence-corrected chi connectivity index (χ0v) is 72.5. The van der Waals surface area contributed by atoms with Crippen LogP contribution in [0.3, 0.4) is 0 Å². The molecule has 12 amide bonds. The number of nitrogens with two attached hydrogens (primary N) is 1. The molecule has 0 spiro atoms. The summed E-state index contributed by atoms with van der Waals surface area (Å²) < 4.78 is 10.1. The third-order valence-electron chi connectivity index (χ3n) is 19.9. The Kier molecular flexibility index (Phi) is 35.9.